The Hall–Kier alpha value is -1.67. The zero-order valence-corrected chi connectivity index (χ0v) is 12.4. The summed E-state index contributed by atoms with van der Waals surface area (Å²) in [6.45, 7) is 3.66. The molecule has 0 radical (unpaired) electrons. The molecule has 3 N–H and O–H groups in total. The molecule has 1 unspecified atom stereocenters. The smallest absolute Gasteiger partial charge is 0.241 e. The average Bonchev–Trinajstić information content (AvgIpc) is 2.39. The molecule has 0 spiro atoms. The van der Waals surface area contributed by atoms with Gasteiger partial charge in [-0.05, 0) is 32.0 Å². The van der Waals surface area contributed by atoms with E-state index >= 15 is 0 Å². The van der Waals surface area contributed by atoms with Crippen LogP contribution in [0.25, 0.3) is 0 Å². The van der Waals surface area contributed by atoms with Crippen LogP contribution < -0.4 is 10.5 Å². The first-order valence-corrected chi connectivity index (χ1v) is 7.49. The Labute approximate surface area is 117 Å². The van der Waals surface area contributed by atoms with Gasteiger partial charge < -0.3 is 10.6 Å². The van der Waals surface area contributed by atoms with Crippen LogP contribution in [-0.4, -0.2) is 38.9 Å². The monoisotopic (exact) mass is 303 g/mol. The lowest BCUT2D eigenvalue weighted by atomic mass is 10.3. The number of amides is 1. The molecule has 1 aromatic carbocycles. The maximum absolute atomic E-state index is 13.3. The molecule has 0 fully saturated rings. The van der Waals surface area contributed by atoms with Crippen LogP contribution in [0.15, 0.2) is 23.1 Å². The molecule has 0 heterocycles. The Morgan fingerprint density at radius 2 is 2.10 bits per heavy atom. The molecule has 0 aromatic heterocycles. The second-order valence-electron chi connectivity index (χ2n) is 4.38. The summed E-state index contributed by atoms with van der Waals surface area (Å²) in [7, 11) is -2.41. The van der Waals surface area contributed by atoms with Gasteiger partial charge in [0.15, 0.2) is 0 Å². The molecule has 0 aliphatic rings. The van der Waals surface area contributed by atoms with E-state index in [0.29, 0.717) is 6.54 Å². The van der Waals surface area contributed by atoms with Gasteiger partial charge in [-0.15, -0.1) is 0 Å². The van der Waals surface area contributed by atoms with Gasteiger partial charge >= 0.3 is 0 Å². The van der Waals surface area contributed by atoms with Gasteiger partial charge in [0.2, 0.25) is 15.9 Å². The lowest BCUT2D eigenvalue weighted by Gasteiger charge is -2.20. The van der Waals surface area contributed by atoms with E-state index in [1.54, 1.807) is 14.0 Å². The van der Waals surface area contributed by atoms with Crippen molar-refractivity contribution in [3.8, 4) is 0 Å². The summed E-state index contributed by atoms with van der Waals surface area (Å²) in [5.74, 6) is -1.19. The Morgan fingerprint density at radius 3 is 2.60 bits per heavy atom. The molecular formula is C12H18FN3O3S. The van der Waals surface area contributed by atoms with Gasteiger partial charge in [-0.2, -0.15) is 4.72 Å². The second-order valence-corrected chi connectivity index (χ2v) is 6.09. The topological polar surface area (TPSA) is 92.5 Å². The van der Waals surface area contributed by atoms with Crippen molar-refractivity contribution in [1.82, 2.24) is 9.62 Å². The Kier molecular flexibility index (Phi) is 5.07. The van der Waals surface area contributed by atoms with Crippen LogP contribution in [0.2, 0.25) is 0 Å². The lowest BCUT2D eigenvalue weighted by molar-refractivity contribution is -0.131. The largest absolute Gasteiger partial charge is 0.396 e. The molecule has 1 rings (SSSR count). The number of rotatable bonds is 5. The number of nitrogens with one attached hydrogen (secondary N) is 1. The van der Waals surface area contributed by atoms with Crippen LogP contribution in [0.5, 0.6) is 0 Å². The van der Waals surface area contributed by atoms with Crippen LogP contribution in [0, 0.1) is 5.82 Å². The summed E-state index contributed by atoms with van der Waals surface area (Å²) in [5, 5.41) is 0. The van der Waals surface area contributed by atoms with Crippen molar-refractivity contribution in [2.75, 3.05) is 19.3 Å². The first kappa shape index (κ1) is 16.4. The van der Waals surface area contributed by atoms with E-state index in [9.17, 15) is 17.6 Å². The molecule has 0 bridgehead atoms. The van der Waals surface area contributed by atoms with Gasteiger partial charge in [-0.1, -0.05) is 0 Å². The quantitative estimate of drug-likeness (QED) is 0.777. The predicted molar refractivity (Wildman–Crippen MR) is 73.9 cm³/mol. The van der Waals surface area contributed by atoms with E-state index in [0.717, 1.165) is 12.1 Å². The number of nitrogens with zero attached hydrogens (tertiary/aromatic N) is 1. The lowest BCUT2D eigenvalue weighted by Crippen LogP contribution is -2.45. The Bertz CT molecular complexity index is 604. The molecule has 20 heavy (non-hydrogen) atoms. The number of nitrogen functional groups attached to an aromatic ring is 1. The summed E-state index contributed by atoms with van der Waals surface area (Å²) in [5.41, 5.74) is 5.15. The second kappa shape index (κ2) is 6.19. The van der Waals surface area contributed by atoms with Crippen LogP contribution >= 0.6 is 0 Å². The van der Waals surface area contributed by atoms with Crippen LogP contribution in [0.4, 0.5) is 10.1 Å². The number of hydrogen-bond donors (Lipinski definition) is 2. The van der Waals surface area contributed by atoms with Crippen molar-refractivity contribution in [1.29, 1.82) is 0 Å². The van der Waals surface area contributed by atoms with Gasteiger partial charge in [-0.25, -0.2) is 12.8 Å². The van der Waals surface area contributed by atoms with Crippen LogP contribution in [0.3, 0.4) is 0 Å². The number of carbonyl (C=O) groups excluding carboxylic acids is 1. The highest BCUT2D eigenvalue weighted by molar-refractivity contribution is 7.89. The highest BCUT2D eigenvalue weighted by atomic mass is 32.2. The minimum atomic E-state index is -3.98. The van der Waals surface area contributed by atoms with E-state index in [1.165, 1.54) is 17.9 Å². The molecule has 1 aromatic rings. The third kappa shape index (κ3) is 3.67. The van der Waals surface area contributed by atoms with E-state index in [-0.39, 0.29) is 16.5 Å². The van der Waals surface area contributed by atoms with E-state index in [4.69, 9.17) is 5.73 Å². The number of benzene rings is 1. The fourth-order valence-corrected chi connectivity index (χ4v) is 2.72. The molecule has 0 aliphatic carbocycles. The third-order valence-electron chi connectivity index (χ3n) is 2.84. The normalized spacial score (nSPS) is 13.0. The molecule has 0 saturated carbocycles. The zero-order chi connectivity index (χ0) is 15.5. The van der Waals surface area contributed by atoms with Crippen molar-refractivity contribution in [2.24, 2.45) is 0 Å². The average molecular weight is 303 g/mol. The van der Waals surface area contributed by atoms with Gasteiger partial charge in [0.05, 0.1) is 16.6 Å². The van der Waals surface area contributed by atoms with Crippen molar-refractivity contribution in [2.45, 2.75) is 24.8 Å². The molecule has 0 saturated heterocycles. The highest BCUT2D eigenvalue weighted by Crippen LogP contribution is 2.16. The molecule has 0 aliphatic heterocycles. The van der Waals surface area contributed by atoms with Crippen LogP contribution in [-0.2, 0) is 14.8 Å². The molecule has 1 amide bonds. The van der Waals surface area contributed by atoms with E-state index in [1.807, 2.05) is 0 Å². The summed E-state index contributed by atoms with van der Waals surface area (Å²) >= 11 is 0. The Balaban J connectivity index is 2.95. The highest BCUT2D eigenvalue weighted by Gasteiger charge is 2.24. The minimum absolute atomic E-state index is 0.140. The first-order chi connectivity index (χ1) is 9.19. The number of anilines is 1. The van der Waals surface area contributed by atoms with Crippen molar-refractivity contribution in [3.05, 3.63) is 24.0 Å². The Morgan fingerprint density at radius 1 is 1.50 bits per heavy atom. The number of nitrogens with two attached hydrogens (primary N) is 1. The van der Waals surface area contributed by atoms with Gasteiger partial charge in [0, 0.05) is 13.6 Å². The summed E-state index contributed by atoms with van der Waals surface area (Å²) in [6.07, 6.45) is 0. The number of likely N-dealkylation sites (N-methyl/N-ethyl adjacent to an activating group) is 1. The van der Waals surface area contributed by atoms with Crippen molar-refractivity contribution in [3.63, 3.8) is 0 Å². The molecule has 6 nitrogen and oxygen atoms in total. The number of carbonyl (C=O) groups is 1. The number of halogens is 1. The minimum Gasteiger partial charge on any atom is -0.396 e. The molecule has 1 atom stereocenters. The fraction of sp³-hybridized carbons (Fsp3) is 0.417. The van der Waals surface area contributed by atoms with Gasteiger partial charge in [0.1, 0.15) is 5.82 Å². The molecular weight excluding hydrogens is 285 g/mol. The van der Waals surface area contributed by atoms with Crippen molar-refractivity contribution >= 4 is 21.6 Å². The van der Waals surface area contributed by atoms with E-state index < -0.39 is 21.9 Å². The number of sulfonamides is 1. The van der Waals surface area contributed by atoms with Gasteiger partial charge in [0.25, 0.3) is 0 Å². The summed E-state index contributed by atoms with van der Waals surface area (Å²) in [6, 6.07) is 2.22. The van der Waals surface area contributed by atoms with Gasteiger partial charge in [-0.3, -0.25) is 4.79 Å². The fourth-order valence-electron chi connectivity index (χ4n) is 1.51. The summed E-state index contributed by atoms with van der Waals surface area (Å²) < 4.78 is 39.6. The van der Waals surface area contributed by atoms with E-state index in [2.05, 4.69) is 4.72 Å². The summed E-state index contributed by atoms with van der Waals surface area (Å²) in [4.78, 5) is 12.9. The van der Waals surface area contributed by atoms with Crippen molar-refractivity contribution < 1.29 is 17.6 Å². The maximum Gasteiger partial charge on any atom is 0.241 e. The number of hydrogen-bond acceptors (Lipinski definition) is 4. The van der Waals surface area contributed by atoms with Crippen LogP contribution in [0.1, 0.15) is 13.8 Å². The SMILES string of the molecule is CCN(C)C(=O)C(C)NS(=O)(=O)c1ccc(N)c(F)c1. The molecule has 112 valence electrons. The third-order valence-corrected chi connectivity index (χ3v) is 4.37. The maximum atomic E-state index is 13.3. The predicted octanol–water partition coefficient (Wildman–Crippen LogP) is 0.553. The zero-order valence-electron chi connectivity index (χ0n) is 11.6. The first-order valence-electron chi connectivity index (χ1n) is 6.01. The molecule has 8 heteroatoms. The standard InChI is InChI=1S/C12H18FN3O3S/c1-4-16(3)12(17)8(2)15-20(18,19)9-5-6-11(14)10(13)7-9/h5-8,15H,4,14H2,1-3H3.